The van der Waals surface area contributed by atoms with Crippen LogP contribution in [-0.4, -0.2) is 62.7 Å². The van der Waals surface area contributed by atoms with Crippen LogP contribution in [0.3, 0.4) is 0 Å². The molecule has 9 nitrogen and oxygen atoms in total. The summed E-state index contributed by atoms with van der Waals surface area (Å²) in [6.45, 7) is 0. The Morgan fingerprint density at radius 3 is 1.33 bits per heavy atom. The van der Waals surface area contributed by atoms with Crippen LogP contribution in [0.25, 0.3) is 0 Å². The average molecular weight is 387 g/mol. The molecule has 0 rings (SSSR count). The first-order valence-corrected chi connectivity index (χ1v) is 6.44. The Hall–Kier alpha value is -1.16. The van der Waals surface area contributed by atoms with E-state index in [0.29, 0.717) is 0 Å². The van der Waals surface area contributed by atoms with Crippen LogP contribution in [0.15, 0.2) is 4.99 Å². The van der Waals surface area contributed by atoms with Crippen LogP contribution in [0, 0.1) is 5.41 Å². The molecule has 13 heteroatoms. The topological polar surface area (TPSA) is 166 Å². The molecule has 0 aliphatic carbocycles. The molecule has 0 aromatic carbocycles. The molecule has 0 atom stereocenters. The number of nitrogens with zero attached hydrogens (tertiary/aromatic N) is 2. The van der Waals surface area contributed by atoms with Gasteiger partial charge in [-0.1, -0.05) is 46.4 Å². The number of aliphatic imine (C=N–C) groups is 1. The largest absolute Gasteiger partial charge is 0.479 e. The molecule has 0 amide bonds. The molecule has 21 heavy (non-hydrogen) atoms. The zero-order valence-corrected chi connectivity index (χ0v) is 14.0. The van der Waals surface area contributed by atoms with Crippen molar-refractivity contribution in [3.8, 4) is 0 Å². The maximum absolute atomic E-state index is 9.44. The van der Waals surface area contributed by atoms with E-state index in [-0.39, 0.29) is 11.9 Å². The number of alkyl halides is 4. The molecule has 0 aromatic rings. The van der Waals surface area contributed by atoms with E-state index in [2.05, 4.69) is 4.99 Å². The second kappa shape index (κ2) is 13.8. The van der Waals surface area contributed by atoms with Crippen molar-refractivity contribution in [3.05, 3.63) is 0 Å². The Kier molecular flexibility index (Phi) is 16.3. The van der Waals surface area contributed by atoms with E-state index in [4.69, 9.17) is 73.5 Å². The van der Waals surface area contributed by atoms with Crippen LogP contribution in [0.4, 0.5) is 0 Å². The molecule has 0 heterocycles. The van der Waals surface area contributed by atoms with Crippen molar-refractivity contribution in [3.63, 3.8) is 0 Å². The minimum absolute atomic E-state index is 0.238. The first-order valence-electron chi connectivity index (χ1n) is 4.70. The minimum Gasteiger partial charge on any atom is -0.479 e. The predicted molar refractivity (Wildman–Crippen MR) is 83.5 cm³/mol. The smallest absolute Gasteiger partial charge is 0.337 e. The van der Waals surface area contributed by atoms with Crippen LogP contribution in [0.5, 0.6) is 0 Å². The lowest BCUT2D eigenvalue weighted by Gasteiger charge is -2.08. The number of rotatable bonds is 2. The number of nitrogens with two attached hydrogens (primary N) is 2. The van der Waals surface area contributed by atoms with Crippen LogP contribution >= 0.6 is 46.4 Å². The highest BCUT2D eigenvalue weighted by atomic mass is 35.5. The minimum atomic E-state index is -1.29. The molecule has 7 N–H and O–H groups in total. The van der Waals surface area contributed by atoms with Gasteiger partial charge in [0.15, 0.2) is 5.96 Å². The maximum Gasteiger partial charge on any atom is 0.337 e. The van der Waals surface area contributed by atoms with E-state index in [1.807, 2.05) is 0 Å². The normalized spacial score (nSPS) is 10.0. The molecule has 0 aromatic heterocycles. The Labute approximate surface area is 140 Å². The van der Waals surface area contributed by atoms with E-state index < -0.39 is 21.6 Å². The first-order chi connectivity index (χ1) is 9.32. The van der Waals surface area contributed by atoms with Crippen LogP contribution in [0.1, 0.15) is 0 Å². The molecule has 0 saturated carbocycles. The number of carboxylic acids is 2. The van der Waals surface area contributed by atoms with Crippen LogP contribution < -0.4 is 11.5 Å². The molecule has 0 saturated heterocycles. The predicted octanol–water partition coefficient (Wildman–Crippen LogP) is 0.506. The third kappa shape index (κ3) is 24.3. The SMILES string of the molecule is CN(C)C(N)=NC(=N)N.O=C(O)C(Cl)Cl.O=C(O)C(Cl)Cl. The van der Waals surface area contributed by atoms with Crippen molar-refractivity contribution < 1.29 is 19.8 Å². The van der Waals surface area contributed by atoms with Crippen molar-refractivity contribution in [2.45, 2.75) is 9.67 Å². The Morgan fingerprint density at radius 1 is 1.05 bits per heavy atom. The highest BCUT2D eigenvalue weighted by Crippen LogP contribution is 1.99. The van der Waals surface area contributed by atoms with E-state index in [0.717, 1.165) is 0 Å². The quantitative estimate of drug-likeness (QED) is 0.261. The average Bonchev–Trinajstić information content (AvgIpc) is 2.29. The second-order valence-corrected chi connectivity index (χ2v) is 5.22. The highest BCUT2D eigenvalue weighted by Gasteiger charge is 2.06. The van der Waals surface area contributed by atoms with Gasteiger partial charge in [-0.3, -0.25) is 5.41 Å². The molecular formula is C8H15Cl4N5O4. The highest BCUT2D eigenvalue weighted by molar-refractivity contribution is 6.53. The van der Waals surface area contributed by atoms with E-state index in [9.17, 15) is 9.59 Å². The summed E-state index contributed by atoms with van der Waals surface area (Å²) < 4.78 is 0. The fourth-order valence-electron chi connectivity index (χ4n) is 0.223. The van der Waals surface area contributed by atoms with Gasteiger partial charge in [0, 0.05) is 14.1 Å². The Morgan fingerprint density at radius 2 is 1.29 bits per heavy atom. The third-order valence-electron chi connectivity index (χ3n) is 1.07. The summed E-state index contributed by atoms with van der Waals surface area (Å²) in [5.41, 5.74) is 10.2. The number of nitrogens with one attached hydrogen (secondary N) is 1. The van der Waals surface area contributed by atoms with E-state index in [1.165, 1.54) is 0 Å². The molecule has 0 spiro atoms. The van der Waals surface area contributed by atoms with Gasteiger partial charge in [-0.05, 0) is 0 Å². The third-order valence-corrected chi connectivity index (χ3v) is 1.81. The Bertz CT molecular complexity index is 358. The van der Waals surface area contributed by atoms with Gasteiger partial charge < -0.3 is 26.6 Å². The van der Waals surface area contributed by atoms with Crippen LogP contribution in [-0.2, 0) is 9.59 Å². The van der Waals surface area contributed by atoms with Gasteiger partial charge in [0.05, 0.1) is 0 Å². The summed E-state index contributed by atoms with van der Waals surface area (Å²) in [4.78, 5) is 21.3. The van der Waals surface area contributed by atoms with Gasteiger partial charge in [-0.15, -0.1) is 0 Å². The first kappa shape index (κ1) is 24.8. The monoisotopic (exact) mass is 385 g/mol. The number of carboxylic acid groups (broad SMARTS) is 2. The van der Waals surface area contributed by atoms with Crippen molar-refractivity contribution in [2.24, 2.45) is 16.5 Å². The lowest BCUT2D eigenvalue weighted by molar-refractivity contribution is -0.136. The summed E-state index contributed by atoms with van der Waals surface area (Å²) >= 11 is 19.1. The second-order valence-electron chi connectivity index (χ2n) is 3.03. The lowest BCUT2D eigenvalue weighted by atomic mass is 10.8. The van der Waals surface area contributed by atoms with Crippen molar-refractivity contribution >= 4 is 70.3 Å². The summed E-state index contributed by atoms with van der Waals surface area (Å²) in [6, 6.07) is 0. The van der Waals surface area contributed by atoms with E-state index in [1.54, 1.807) is 19.0 Å². The van der Waals surface area contributed by atoms with Crippen molar-refractivity contribution in [1.82, 2.24) is 4.90 Å². The zero-order valence-electron chi connectivity index (χ0n) is 10.9. The summed E-state index contributed by atoms with van der Waals surface area (Å²) in [5, 5.41) is 22.2. The summed E-state index contributed by atoms with van der Waals surface area (Å²) in [5.74, 6) is -2.46. The van der Waals surface area contributed by atoms with Gasteiger partial charge in [0.2, 0.25) is 15.6 Å². The van der Waals surface area contributed by atoms with Crippen molar-refractivity contribution in [1.29, 1.82) is 5.41 Å². The fraction of sp³-hybridized carbons (Fsp3) is 0.500. The molecule has 0 aliphatic rings. The number of aliphatic carboxylic acids is 2. The summed E-state index contributed by atoms with van der Waals surface area (Å²) in [6.07, 6.45) is 0. The molecule has 0 fully saturated rings. The number of hydrogen-bond donors (Lipinski definition) is 5. The molecule has 0 unspecified atom stereocenters. The number of halogens is 4. The number of carbonyl (C=O) groups is 2. The lowest BCUT2D eigenvalue weighted by Crippen LogP contribution is -2.32. The van der Waals surface area contributed by atoms with Gasteiger partial charge in [0.25, 0.3) is 0 Å². The number of guanidine groups is 2. The fourth-order valence-corrected chi connectivity index (χ4v) is 0.223. The van der Waals surface area contributed by atoms with Crippen molar-refractivity contribution in [2.75, 3.05) is 14.1 Å². The van der Waals surface area contributed by atoms with Crippen LogP contribution in [0.2, 0.25) is 0 Å². The molecule has 0 radical (unpaired) electrons. The standard InChI is InChI=1S/C4H11N5.2C2H2Cl2O2/c1-9(2)4(7)8-3(5)6;2*3-1(4)2(5)6/h1-2H3,(H5,5,6,7,8);2*1H,(H,5,6). The number of hydrogen-bond acceptors (Lipinski definition) is 3. The Balaban J connectivity index is -0.000000240. The van der Waals surface area contributed by atoms with E-state index >= 15 is 0 Å². The molecular weight excluding hydrogens is 372 g/mol. The zero-order chi connectivity index (χ0) is 17.7. The van der Waals surface area contributed by atoms with Gasteiger partial charge in [0.1, 0.15) is 0 Å². The van der Waals surface area contributed by atoms with Gasteiger partial charge >= 0.3 is 11.9 Å². The summed E-state index contributed by atoms with van der Waals surface area (Å²) in [7, 11) is 3.45. The van der Waals surface area contributed by atoms with Gasteiger partial charge in [-0.2, -0.15) is 4.99 Å². The molecule has 0 aliphatic heterocycles. The maximum atomic E-state index is 9.44. The molecule has 0 bridgehead atoms. The van der Waals surface area contributed by atoms with Gasteiger partial charge in [-0.25, -0.2) is 9.59 Å². The molecule has 124 valence electrons.